The van der Waals surface area contributed by atoms with Crippen LogP contribution in [-0.4, -0.2) is 34.9 Å². The topological polar surface area (TPSA) is 91.1 Å². The minimum absolute atomic E-state index is 0.0469. The lowest BCUT2D eigenvalue weighted by molar-refractivity contribution is 0.391. The summed E-state index contributed by atoms with van der Waals surface area (Å²) >= 11 is 0. The Balaban J connectivity index is 1.97. The standard InChI is InChI=1S/C27H30N2O6S/c1-6-18-11-14-22(33-4)25(15-18)36(30,31)29(17-20-12-13-21(32-3)16-24(20)34-5)27-26-19(7-2)9-8-10-23(26)35-28-27/h8-16H,6-7,17H2,1-5H3. The molecule has 0 unspecified atom stereocenters. The number of methoxy groups -OCH3 is 3. The van der Waals surface area contributed by atoms with Crippen LogP contribution in [0.2, 0.25) is 0 Å². The van der Waals surface area contributed by atoms with Crippen LogP contribution in [-0.2, 0) is 29.4 Å². The summed E-state index contributed by atoms with van der Waals surface area (Å²) in [5.74, 6) is 1.56. The van der Waals surface area contributed by atoms with E-state index in [1.54, 1.807) is 43.5 Å². The molecule has 190 valence electrons. The fraction of sp³-hybridized carbons (Fsp3) is 0.296. The lowest BCUT2D eigenvalue weighted by atomic mass is 10.1. The van der Waals surface area contributed by atoms with Gasteiger partial charge in [0.15, 0.2) is 11.4 Å². The minimum atomic E-state index is -4.16. The summed E-state index contributed by atoms with van der Waals surface area (Å²) in [6.07, 6.45) is 1.35. The molecule has 0 saturated carbocycles. The number of hydrogen-bond donors (Lipinski definition) is 0. The summed E-state index contributed by atoms with van der Waals surface area (Å²) in [5.41, 5.74) is 2.95. The van der Waals surface area contributed by atoms with Gasteiger partial charge in [-0.3, -0.25) is 0 Å². The van der Waals surface area contributed by atoms with Gasteiger partial charge in [-0.1, -0.05) is 37.2 Å². The van der Waals surface area contributed by atoms with Crippen LogP contribution in [0.25, 0.3) is 11.0 Å². The Morgan fingerprint density at radius 2 is 1.64 bits per heavy atom. The van der Waals surface area contributed by atoms with Gasteiger partial charge in [-0.05, 0) is 54.3 Å². The van der Waals surface area contributed by atoms with E-state index in [9.17, 15) is 8.42 Å². The molecule has 0 aliphatic carbocycles. The van der Waals surface area contributed by atoms with E-state index in [1.165, 1.54) is 18.5 Å². The fourth-order valence-electron chi connectivity index (χ4n) is 4.18. The molecule has 4 rings (SSSR count). The van der Waals surface area contributed by atoms with Crippen molar-refractivity contribution in [2.75, 3.05) is 25.6 Å². The molecule has 0 atom stereocenters. The second kappa shape index (κ2) is 10.5. The summed E-state index contributed by atoms with van der Waals surface area (Å²) in [4.78, 5) is 0.0574. The van der Waals surface area contributed by atoms with Gasteiger partial charge in [0.2, 0.25) is 0 Å². The predicted octanol–water partition coefficient (Wildman–Crippen LogP) is 5.37. The Labute approximate surface area is 211 Å². The van der Waals surface area contributed by atoms with Crippen LogP contribution < -0.4 is 18.5 Å². The highest BCUT2D eigenvalue weighted by molar-refractivity contribution is 7.93. The first-order valence-corrected chi connectivity index (χ1v) is 13.1. The van der Waals surface area contributed by atoms with Crippen molar-refractivity contribution in [2.45, 2.75) is 38.1 Å². The second-order valence-electron chi connectivity index (χ2n) is 8.18. The average Bonchev–Trinajstić information content (AvgIpc) is 3.35. The highest BCUT2D eigenvalue weighted by Gasteiger charge is 2.33. The third-order valence-corrected chi connectivity index (χ3v) is 7.95. The van der Waals surface area contributed by atoms with Crippen molar-refractivity contribution in [3.8, 4) is 17.2 Å². The zero-order valence-corrected chi connectivity index (χ0v) is 21.9. The largest absolute Gasteiger partial charge is 0.497 e. The summed E-state index contributed by atoms with van der Waals surface area (Å²) in [7, 11) is 0.395. The van der Waals surface area contributed by atoms with Crippen molar-refractivity contribution in [1.29, 1.82) is 0 Å². The smallest absolute Gasteiger partial charge is 0.269 e. The maximum absolute atomic E-state index is 14.3. The van der Waals surface area contributed by atoms with E-state index in [4.69, 9.17) is 18.7 Å². The number of benzene rings is 3. The number of sulfonamides is 1. The van der Waals surface area contributed by atoms with Gasteiger partial charge >= 0.3 is 0 Å². The number of aromatic nitrogens is 1. The second-order valence-corrected chi connectivity index (χ2v) is 10.0. The SMILES string of the molecule is CCc1ccc(OC)c(S(=O)(=O)N(Cc2ccc(OC)cc2OC)c2noc3cccc(CC)c23)c1. The average molecular weight is 511 g/mol. The Kier molecular flexibility index (Phi) is 7.40. The molecule has 1 heterocycles. The molecule has 0 aliphatic heterocycles. The van der Waals surface area contributed by atoms with E-state index in [2.05, 4.69) is 5.16 Å². The Hall–Kier alpha value is -3.72. The number of ether oxygens (including phenoxy) is 3. The molecule has 0 bridgehead atoms. The number of anilines is 1. The van der Waals surface area contributed by atoms with Gasteiger partial charge in [0.25, 0.3) is 10.0 Å². The van der Waals surface area contributed by atoms with E-state index >= 15 is 0 Å². The minimum Gasteiger partial charge on any atom is -0.497 e. The molecule has 0 N–H and O–H groups in total. The summed E-state index contributed by atoms with van der Waals surface area (Å²) in [6, 6.07) is 16.0. The number of nitrogens with zero attached hydrogens (tertiary/aromatic N) is 2. The highest BCUT2D eigenvalue weighted by atomic mass is 32.2. The van der Waals surface area contributed by atoms with E-state index in [1.807, 2.05) is 32.0 Å². The fourth-order valence-corrected chi connectivity index (χ4v) is 5.79. The van der Waals surface area contributed by atoms with Gasteiger partial charge in [-0.25, -0.2) is 12.7 Å². The number of rotatable bonds is 10. The zero-order chi connectivity index (χ0) is 25.9. The molecule has 8 nitrogen and oxygen atoms in total. The maximum Gasteiger partial charge on any atom is 0.269 e. The summed E-state index contributed by atoms with van der Waals surface area (Å²) in [5, 5.41) is 4.90. The normalized spacial score (nSPS) is 11.5. The zero-order valence-electron chi connectivity index (χ0n) is 21.1. The van der Waals surface area contributed by atoms with Crippen molar-refractivity contribution in [1.82, 2.24) is 5.16 Å². The van der Waals surface area contributed by atoms with Gasteiger partial charge in [-0.15, -0.1) is 0 Å². The number of fused-ring (bicyclic) bond motifs is 1. The van der Waals surface area contributed by atoms with Crippen molar-refractivity contribution in [2.24, 2.45) is 0 Å². The third kappa shape index (κ3) is 4.58. The quantitative estimate of drug-likeness (QED) is 0.283. The molecule has 0 saturated heterocycles. The Morgan fingerprint density at radius 1 is 0.861 bits per heavy atom. The van der Waals surface area contributed by atoms with E-state index in [-0.39, 0.29) is 23.0 Å². The van der Waals surface area contributed by atoms with Crippen LogP contribution in [0.5, 0.6) is 17.2 Å². The van der Waals surface area contributed by atoms with Crippen molar-refractivity contribution in [3.63, 3.8) is 0 Å². The van der Waals surface area contributed by atoms with E-state index in [0.717, 1.165) is 11.1 Å². The molecule has 36 heavy (non-hydrogen) atoms. The molecular formula is C27H30N2O6S. The highest BCUT2D eigenvalue weighted by Crippen LogP contribution is 2.38. The van der Waals surface area contributed by atoms with Gasteiger partial charge in [0.05, 0.1) is 33.3 Å². The van der Waals surface area contributed by atoms with Crippen LogP contribution in [0, 0.1) is 0 Å². The molecule has 9 heteroatoms. The summed E-state index contributed by atoms with van der Waals surface area (Å²) in [6.45, 7) is 3.93. The molecule has 1 aromatic heterocycles. The van der Waals surface area contributed by atoms with E-state index < -0.39 is 10.0 Å². The van der Waals surface area contributed by atoms with Crippen LogP contribution in [0.3, 0.4) is 0 Å². The monoisotopic (exact) mass is 510 g/mol. The molecule has 0 aliphatic rings. The first kappa shape index (κ1) is 25.4. The van der Waals surface area contributed by atoms with Gasteiger partial charge < -0.3 is 18.7 Å². The summed E-state index contributed by atoms with van der Waals surface area (Å²) < 4.78 is 51.9. The van der Waals surface area contributed by atoms with E-state index in [0.29, 0.717) is 40.9 Å². The number of hydrogen-bond acceptors (Lipinski definition) is 7. The molecule has 4 aromatic rings. The van der Waals surface area contributed by atoms with Crippen LogP contribution in [0.1, 0.15) is 30.5 Å². The number of aryl methyl sites for hydroxylation is 2. The Bertz CT molecular complexity index is 1480. The van der Waals surface area contributed by atoms with Crippen LogP contribution >= 0.6 is 0 Å². The van der Waals surface area contributed by atoms with Gasteiger partial charge in [0.1, 0.15) is 22.1 Å². The first-order valence-electron chi connectivity index (χ1n) is 11.7. The van der Waals surface area contributed by atoms with Gasteiger partial charge in [0, 0.05) is 11.6 Å². The molecular weight excluding hydrogens is 480 g/mol. The van der Waals surface area contributed by atoms with Crippen molar-refractivity contribution >= 4 is 26.8 Å². The lowest BCUT2D eigenvalue weighted by Crippen LogP contribution is -2.31. The predicted molar refractivity (Wildman–Crippen MR) is 139 cm³/mol. The molecule has 0 radical (unpaired) electrons. The molecule has 0 fully saturated rings. The van der Waals surface area contributed by atoms with Crippen LogP contribution in [0.15, 0.2) is 64.0 Å². The van der Waals surface area contributed by atoms with Crippen molar-refractivity contribution < 1.29 is 27.2 Å². The first-order chi connectivity index (χ1) is 17.4. The lowest BCUT2D eigenvalue weighted by Gasteiger charge is -2.25. The molecule has 0 amide bonds. The van der Waals surface area contributed by atoms with Crippen LogP contribution in [0.4, 0.5) is 5.82 Å². The third-order valence-electron chi connectivity index (χ3n) is 6.20. The Morgan fingerprint density at radius 3 is 2.31 bits per heavy atom. The van der Waals surface area contributed by atoms with Crippen molar-refractivity contribution in [3.05, 3.63) is 71.3 Å². The van der Waals surface area contributed by atoms with Gasteiger partial charge in [-0.2, -0.15) is 0 Å². The molecule has 0 spiro atoms. The maximum atomic E-state index is 14.3. The molecule has 3 aromatic carbocycles.